The maximum absolute atomic E-state index is 5.97. The molecule has 0 aliphatic rings. The zero-order valence-corrected chi connectivity index (χ0v) is 13.1. The summed E-state index contributed by atoms with van der Waals surface area (Å²) >= 11 is 0. The molecule has 0 atom stereocenters. The summed E-state index contributed by atoms with van der Waals surface area (Å²) in [5.41, 5.74) is 9.15. The van der Waals surface area contributed by atoms with Crippen molar-refractivity contribution >= 4 is 32.9 Å². The molecule has 4 aromatic heterocycles. The molecule has 0 aromatic carbocycles. The molecule has 24 heavy (non-hydrogen) atoms. The summed E-state index contributed by atoms with van der Waals surface area (Å²) in [5, 5.41) is 3.32. The average molecular weight is 313 g/mol. The smallest absolute Gasteiger partial charge is 0.238 e. The fraction of sp³-hybridized carbons (Fsp3) is 0.200. The summed E-state index contributed by atoms with van der Waals surface area (Å²) in [6.45, 7) is 1.74. The maximum Gasteiger partial charge on any atom is 0.238 e. The largest absolute Gasteiger partial charge is 0.367 e. The number of fused-ring (bicyclic) bond motifs is 2. The Labute approximate surface area is 140 Å². The molecular weight excluding hydrogens is 300 g/mol. The van der Waals surface area contributed by atoms with Crippen molar-refractivity contribution in [2.75, 3.05) is 5.73 Å². The van der Waals surface area contributed by atoms with Crippen molar-refractivity contribution in [3.05, 3.63) is 42.7 Å². The van der Waals surface area contributed by atoms with Crippen molar-refractivity contribution in [2.45, 2.75) is 18.6 Å². The minimum atomic E-state index is -0.907. The highest BCUT2D eigenvalue weighted by Crippen LogP contribution is 2.30. The van der Waals surface area contributed by atoms with Crippen LogP contribution in [0.5, 0.6) is 0 Å². The molecule has 7 nitrogen and oxygen atoms in total. The van der Waals surface area contributed by atoms with Gasteiger partial charge in [0, 0.05) is 42.1 Å². The third-order valence-electron chi connectivity index (χ3n) is 3.70. The molecule has 0 aliphatic carbocycles. The second-order valence-electron chi connectivity index (χ2n) is 6.10. The lowest BCUT2D eigenvalue weighted by Crippen LogP contribution is -2.15. The predicted molar refractivity (Wildman–Crippen MR) is 93.0 cm³/mol. The molecule has 0 aliphatic heterocycles. The van der Waals surface area contributed by atoms with Gasteiger partial charge in [-0.3, -0.25) is 4.40 Å². The Hall–Kier alpha value is -2.83. The Bertz CT molecular complexity index is 1050. The Balaban J connectivity index is 1.95. The molecule has 0 bridgehead atoms. The van der Waals surface area contributed by atoms with E-state index < -0.39 is 5.21 Å². The SMILES string of the molecule is [B]C([B])(C)Cc1nc(N)nn2ccc(-c3cnc4nccn4c3)c12. The molecule has 0 unspecified atom stereocenters. The lowest BCUT2D eigenvalue weighted by molar-refractivity contribution is 0.789. The molecule has 9 heteroatoms. The van der Waals surface area contributed by atoms with Gasteiger partial charge in [0.15, 0.2) is 0 Å². The van der Waals surface area contributed by atoms with E-state index in [1.165, 1.54) is 0 Å². The first-order valence-electron chi connectivity index (χ1n) is 7.41. The van der Waals surface area contributed by atoms with E-state index in [4.69, 9.17) is 21.4 Å². The molecule has 4 rings (SSSR count). The topological polar surface area (TPSA) is 86.4 Å². The highest BCUT2D eigenvalue weighted by Gasteiger charge is 2.19. The number of nitrogen functional groups attached to an aromatic ring is 1. The number of nitrogens with two attached hydrogens (primary N) is 1. The maximum atomic E-state index is 5.97. The highest BCUT2D eigenvalue weighted by molar-refractivity contribution is 6.39. The Kier molecular flexibility index (Phi) is 3.13. The van der Waals surface area contributed by atoms with E-state index in [-0.39, 0.29) is 5.95 Å². The van der Waals surface area contributed by atoms with E-state index in [0.717, 1.165) is 16.6 Å². The summed E-state index contributed by atoms with van der Waals surface area (Å²) in [7, 11) is 11.9. The molecule has 114 valence electrons. The molecule has 0 saturated heterocycles. The number of anilines is 1. The number of nitrogens with zero attached hydrogens (tertiary/aromatic N) is 6. The summed E-state index contributed by atoms with van der Waals surface area (Å²) in [6.07, 6.45) is 9.45. The van der Waals surface area contributed by atoms with Crippen LogP contribution in [0.25, 0.3) is 22.4 Å². The number of aromatic nitrogens is 6. The lowest BCUT2D eigenvalue weighted by Gasteiger charge is -2.19. The van der Waals surface area contributed by atoms with Gasteiger partial charge in [-0.15, -0.1) is 5.10 Å². The van der Waals surface area contributed by atoms with Crippen LogP contribution in [0.3, 0.4) is 0 Å². The molecule has 0 amide bonds. The van der Waals surface area contributed by atoms with Crippen LogP contribution in [0.2, 0.25) is 5.21 Å². The minimum absolute atomic E-state index is 0.173. The van der Waals surface area contributed by atoms with Crippen LogP contribution in [-0.2, 0) is 6.42 Å². The number of hydrogen-bond donors (Lipinski definition) is 1. The van der Waals surface area contributed by atoms with Gasteiger partial charge in [0.2, 0.25) is 11.7 Å². The normalized spacial score (nSPS) is 12.2. The van der Waals surface area contributed by atoms with E-state index in [0.29, 0.717) is 17.9 Å². The molecule has 2 N–H and O–H groups in total. The quantitative estimate of drug-likeness (QED) is 0.571. The van der Waals surface area contributed by atoms with Crippen LogP contribution >= 0.6 is 0 Å². The first-order valence-corrected chi connectivity index (χ1v) is 7.41. The standard InChI is InChI=1S/C15H13B2N7/c1-15(16,17)6-11-12-10(2-4-24(12)22-13(18)21-11)9-7-20-14-19-3-5-23(14)8-9/h2-5,7-8H,6H2,1H3,(H2,18,22). The highest BCUT2D eigenvalue weighted by atomic mass is 15.3. The first-order chi connectivity index (χ1) is 11.4. The zero-order chi connectivity index (χ0) is 16.9. The van der Waals surface area contributed by atoms with Gasteiger partial charge < -0.3 is 5.73 Å². The van der Waals surface area contributed by atoms with E-state index in [1.54, 1.807) is 23.8 Å². The minimum Gasteiger partial charge on any atom is -0.367 e. The van der Waals surface area contributed by atoms with E-state index in [1.807, 2.05) is 29.1 Å². The molecule has 4 radical (unpaired) electrons. The second-order valence-corrected chi connectivity index (χ2v) is 6.10. The number of hydrogen-bond acceptors (Lipinski definition) is 5. The summed E-state index contributed by atoms with van der Waals surface area (Å²) in [5.74, 6) is 0.812. The van der Waals surface area contributed by atoms with E-state index in [2.05, 4.69) is 20.1 Å². The van der Waals surface area contributed by atoms with Crippen LogP contribution in [0.1, 0.15) is 12.6 Å². The first kappa shape index (κ1) is 14.7. The van der Waals surface area contributed by atoms with Gasteiger partial charge in [-0.2, -0.15) is 0 Å². The van der Waals surface area contributed by atoms with Crippen molar-refractivity contribution in [1.29, 1.82) is 0 Å². The average Bonchev–Trinajstić information content (AvgIpc) is 3.10. The van der Waals surface area contributed by atoms with E-state index >= 15 is 0 Å². The van der Waals surface area contributed by atoms with Gasteiger partial charge >= 0.3 is 0 Å². The summed E-state index contributed by atoms with van der Waals surface area (Å²) in [6, 6.07) is 1.94. The van der Waals surface area contributed by atoms with Crippen molar-refractivity contribution in [3.8, 4) is 11.1 Å². The predicted octanol–water partition coefficient (Wildman–Crippen LogP) is 1.04. The van der Waals surface area contributed by atoms with Gasteiger partial charge in [-0.1, -0.05) is 12.1 Å². The third kappa shape index (κ3) is 2.51. The summed E-state index contributed by atoms with van der Waals surface area (Å²) in [4.78, 5) is 12.9. The Morgan fingerprint density at radius 2 is 2.08 bits per heavy atom. The fourth-order valence-electron chi connectivity index (χ4n) is 2.79. The third-order valence-corrected chi connectivity index (χ3v) is 3.70. The van der Waals surface area contributed by atoms with Crippen LogP contribution < -0.4 is 5.73 Å². The van der Waals surface area contributed by atoms with Crippen LogP contribution in [-0.4, -0.2) is 44.7 Å². The molecule has 4 aromatic rings. The fourth-order valence-corrected chi connectivity index (χ4v) is 2.79. The second kappa shape index (κ2) is 5.09. The Morgan fingerprint density at radius 3 is 2.88 bits per heavy atom. The van der Waals surface area contributed by atoms with Crippen LogP contribution in [0.4, 0.5) is 5.95 Å². The molecule has 4 heterocycles. The van der Waals surface area contributed by atoms with Crippen molar-refractivity contribution < 1.29 is 0 Å². The molecule has 0 fully saturated rings. The van der Waals surface area contributed by atoms with Gasteiger partial charge in [0.25, 0.3) is 0 Å². The van der Waals surface area contributed by atoms with E-state index in [9.17, 15) is 0 Å². The van der Waals surface area contributed by atoms with Crippen LogP contribution in [0.15, 0.2) is 37.1 Å². The van der Waals surface area contributed by atoms with Crippen molar-refractivity contribution in [3.63, 3.8) is 0 Å². The van der Waals surface area contributed by atoms with Gasteiger partial charge in [0.05, 0.1) is 26.9 Å². The number of rotatable bonds is 3. The summed E-state index contributed by atoms with van der Waals surface area (Å²) < 4.78 is 3.55. The van der Waals surface area contributed by atoms with Gasteiger partial charge in [-0.05, 0) is 12.5 Å². The molecule has 0 saturated carbocycles. The molecule has 0 spiro atoms. The van der Waals surface area contributed by atoms with Crippen molar-refractivity contribution in [2.24, 2.45) is 0 Å². The monoisotopic (exact) mass is 313 g/mol. The Morgan fingerprint density at radius 1 is 1.25 bits per heavy atom. The number of imidazole rings is 1. The van der Waals surface area contributed by atoms with Gasteiger partial charge in [0.1, 0.15) is 0 Å². The van der Waals surface area contributed by atoms with Crippen LogP contribution in [0, 0.1) is 0 Å². The zero-order valence-electron chi connectivity index (χ0n) is 13.1. The van der Waals surface area contributed by atoms with Crippen molar-refractivity contribution in [1.82, 2.24) is 29.0 Å². The van der Waals surface area contributed by atoms with Gasteiger partial charge in [-0.25, -0.2) is 19.5 Å². The molecular formula is C15H13B2N7. The lowest BCUT2D eigenvalue weighted by atomic mass is 9.54.